The van der Waals surface area contributed by atoms with Gasteiger partial charge in [-0.15, -0.1) is 12.4 Å². The lowest BCUT2D eigenvalue weighted by Gasteiger charge is -2.24. The van der Waals surface area contributed by atoms with Crippen molar-refractivity contribution in [3.05, 3.63) is 22.2 Å². The van der Waals surface area contributed by atoms with Crippen LogP contribution in [0.4, 0.5) is 0 Å². The number of hydrogen-bond donors (Lipinski definition) is 1. The molecule has 126 valence electrons. The van der Waals surface area contributed by atoms with E-state index in [1.54, 1.807) is 31.2 Å². The Hall–Kier alpha value is -0.980. The Morgan fingerprint density at radius 1 is 1.45 bits per heavy atom. The fraction of sp³-hybridized carbons (Fsp3) is 0.533. The van der Waals surface area contributed by atoms with Crippen LogP contribution >= 0.6 is 28.3 Å². The molecule has 7 heteroatoms. The van der Waals surface area contributed by atoms with E-state index in [0.717, 1.165) is 6.42 Å². The van der Waals surface area contributed by atoms with Crippen molar-refractivity contribution in [1.29, 1.82) is 0 Å². The fourth-order valence-corrected chi connectivity index (χ4v) is 2.31. The number of carbonyl (C=O) groups is 1. The van der Waals surface area contributed by atoms with Crippen LogP contribution in [0.5, 0.6) is 11.5 Å². The Balaban J connectivity index is 0.00000441. The molecule has 22 heavy (non-hydrogen) atoms. The van der Waals surface area contributed by atoms with Crippen molar-refractivity contribution >= 4 is 34.2 Å². The highest BCUT2D eigenvalue weighted by Crippen LogP contribution is 2.37. The van der Waals surface area contributed by atoms with Crippen molar-refractivity contribution in [2.75, 3.05) is 27.3 Å². The maximum Gasteiger partial charge on any atom is 0.254 e. The molecule has 0 aliphatic heterocycles. The van der Waals surface area contributed by atoms with E-state index in [2.05, 4.69) is 15.9 Å². The lowest BCUT2D eigenvalue weighted by Crippen LogP contribution is -2.39. The molecule has 1 aromatic carbocycles. The maximum absolute atomic E-state index is 12.4. The number of methoxy groups -OCH3 is 1. The molecular weight excluding hydrogens is 372 g/mol. The highest BCUT2D eigenvalue weighted by molar-refractivity contribution is 9.10. The molecule has 0 radical (unpaired) electrons. The molecule has 5 nitrogen and oxygen atoms in total. The fourth-order valence-electron chi connectivity index (χ4n) is 1.75. The lowest BCUT2D eigenvalue weighted by molar-refractivity contribution is 0.0748. The summed E-state index contributed by atoms with van der Waals surface area (Å²) in [5.41, 5.74) is 6.14. The summed E-state index contributed by atoms with van der Waals surface area (Å²) < 4.78 is 11.7. The minimum Gasteiger partial charge on any atom is -0.493 e. The summed E-state index contributed by atoms with van der Waals surface area (Å²) in [6, 6.07) is 3.41. The summed E-state index contributed by atoms with van der Waals surface area (Å²) in [6.07, 6.45) is 0.896. The molecule has 1 aromatic rings. The van der Waals surface area contributed by atoms with Crippen LogP contribution in [0.3, 0.4) is 0 Å². The lowest BCUT2D eigenvalue weighted by atomic mass is 10.1. The molecule has 0 saturated carbocycles. The van der Waals surface area contributed by atoms with Crippen LogP contribution < -0.4 is 15.2 Å². The number of benzene rings is 1. The normalized spacial score (nSPS) is 11.4. The number of hydrogen-bond acceptors (Lipinski definition) is 4. The first-order chi connectivity index (χ1) is 9.96. The number of rotatable bonds is 7. The van der Waals surface area contributed by atoms with Gasteiger partial charge in [0.25, 0.3) is 5.91 Å². The third kappa shape index (κ3) is 5.04. The van der Waals surface area contributed by atoms with Crippen LogP contribution in [-0.2, 0) is 0 Å². The van der Waals surface area contributed by atoms with Crippen LogP contribution in [0.15, 0.2) is 16.6 Å². The van der Waals surface area contributed by atoms with Gasteiger partial charge in [-0.25, -0.2) is 0 Å². The van der Waals surface area contributed by atoms with E-state index in [4.69, 9.17) is 15.2 Å². The minimum atomic E-state index is -0.103. The number of nitrogens with zero attached hydrogens (tertiary/aromatic N) is 1. The average molecular weight is 396 g/mol. The second-order valence-corrected chi connectivity index (χ2v) is 5.69. The van der Waals surface area contributed by atoms with Gasteiger partial charge in [0.05, 0.1) is 18.2 Å². The summed E-state index contributed by atoms with van der Waals surface area (Å²) in [6.45, 7) is 4.94. The Labute approximate surface area is 146 Å². The number of nitrogens with two attached hydrogens (primary N) is 1. The molecule has 1 atom stereocenters. The highest BCUT2D eigenvalue weighted by Gasteiger charge is 2.20. The summed E-state index contributed by atoms with van der Waals surface area (Å²) >= 11 is 3.44. The quantitative estimate of drug-likeness (QED) is 0.770. The van der Waals surface area contributed by atoms with Crippen LogP contribution in [-0.4, -0.2) is 44.2 Å². The minimum absolute atomic E-state index is 0. The van der Waals surface area contributed by atoms with Crippen LogP contribution in [0.25, 0.3) is 0 Å². The molecule has 0 heterocycles. The van der Waals surface area contributed by atoms with Crippen molar-refractivity contribution in [3.8, 4) is 11.5 Å². The van der Waals surface area contributed by atoms with Crippen LogP contribution in [0, 0.1) is 0 Å². The van der Waals surface area contributed by atoms with Crippen molar-refractivity contribution in [2.45, 2.75) is 26.3 Å². The number of ether oxygens (including phenoxy) is 2. The Kier molecular flexibility index (Phi) is 9.48. The van der Waals surface area contributed by atoms with E-state index in [1.807, 2.05) is 13.8 Å². The first kappa shape index (κ1) is 21.0. The Morgan fingerprint density at radius 3 is 2.59 bits per heavy atom. The molecule has 0 bridgehead atoms. The van der Waals surface area contributed by atoms with Gasteiger partial charge in [0, 0.05) is 25.2 Å². The topological polar surface area (TPSA) is 64.8 Å². The molecule has 0 aromatic heterocycles. The van der Waals surface area contributed by atoms with Gasteiger partial charge < -0.3 is 20.1 Å². The second kappa shape index (κ2) is 9.92. The molecule has 0 spiro atoms. The second-order valence-electron chi connectivity index (χ2n) is 4.84. The number of amides is 1. The molecular formula is C15H24BrClN2O3. The van der Waals surface area contributed by atoms with Gasteiger partial charge in [0.1, 0.15) is 0 Å². The van der Waals surface area contributed by atoms with Gasteiger partial charge in [-0.05, 0) is 41.4 Å². The molecule has 0 saturated heterocycles. The third-order valence-electron chi connectivity index (χ3n) is 3.25. The van der Waals surface area contributed by atoms with E-state index < -0.39 is 0 Å². The zero-order valence-corrected chi connectivity index (χ0v) is 15.8. The molecule has 1 amide bonds. The SMILES string of the molecule is CCCOc1c(Br)cc(C(=O)N(C)C(C)CN)cc1OC.Cl. The largest absolute Gasteiger partial charge is 0.493 e. The third-order valence-corrected chi connectivity index (χ3v) is 3.84. The van der Waals surface area contributed by atoms with Gasteiger partial charge in [-0.2, -0.15) is 0 Å². The van der Waals surface area contributed by atoms with Crippen molar-refractivity contribution in [1.82, 2.24) is 4.90 Å². The summed E-state index contributed by atoms with van der Waals surface area (Å²) in [5, 5.41) is 0. The summed E-state index contributed by atoms with van der Waals surface area (Å²) in [4.78, 5) is 14.1. The first-order valence-corrected chi connectivity index (χ1v) is 7.73. The number of carbonyl (C=O) groups excluding carboxylic acids is 1. The van der Waals surface area contributed by atoms with Gasteiger partial charge in [0.2, 0.25) is 0 Å². The van der Waals surface area contributed by atoms with Gasteiger partial charge in [-0.3, -0.25) is 4.79 Å². The molecule has 0 aliphatic carbocycles. The summed E-state index contributed by atoms with van der Waals surface area (Å²) in [7, 11) is 3.29. The van der Waals surface area contributed by atoms with Gasteiger partial charge >= 0.3 is 0 Å². The first-order valence-electron chi connectivity index (χ1n) is 6.93. The number of likely N-dealkylation sites (N-methyl/N-ethyl adjacent to an activating group) is 1. The van der Waals surface area contributed by atoms with Crippen molar-refractivity contribution in [2.24, 2.45) is 5.73 Å². The van der Waals surface area contributed by atoms with E-state index in [9.17, 15) is 4.79 Å². The molecule has 1 rings (SSSR count). The molecule has 0 fully saturated rings. The predicted molar refractivity (Wildman–Crippen MR) is 94.3 cm³/mol. The highest BCUT2D eigenvalue weighted by atomic mass is 79.9. The molecule has 1 unspecified atom stereocenters. The van der Waals surface area contributed by atoms with E-state index in [0.29, 0.717) is 34.7 Å². The maximum atomic E-state index is 12.4. The van der Waals surface area contributed by atoms with Gasteiger partial charge in [-0.1, -0.05) is 6.92 Å². The summed E-state index contributed by atoms with van der Waals surface area (Å²) in [5.74, 6) is 1.05. The van der Waals surface area contributed by atoms with E-state index in [1.165, 1.54) is 0 Å². The number of halogens is 2. The van der Waals surface area contributed by atoms with E-state index >= 15 is 0 Å². The average Bonchev–Trinajstić information content (AvgIpc) is 2.50. The van der Waals surface area contributed by atoms with Crippen molar-refractivity contribution in [3.63, 3.8) is 0 Å². The Morgan fingerprint density at radius 2 is 2.09 bits per heavy atom. The predicted octanol–water partition coefficient (Wildman–Crippen LogP) is 3.09. The zero-order valence-electron chi connectivity index (χ0n) is 13.4. The van der Waals surface area contributed by atoms with Crippen LogP contribution in [0.2, 0.25) is 0 Å². The van der Waals surface area contributed by atoms with Crippen LogP contribution in [0.1, 0.15) is 30.6 Å². The smallest absolute Gasteiger partial charge is 0.254 e. The molecule has 2 N–H and O–H groups in total. The standard InChI is InChI=1S/C15H23BrN2O3.ClH/c1-5-6-21-14-12(16)7-11(8-13(14)20-4)15(19)18(3)10(2)9-17;/h7-8,10H,5-6,9,17H2,1-4H3;1H. The monoisotopic (exact) mass is 394 g/mol. The zero-order chi connectivity index (χ0) is 16.0. The van der Waals surface area contributed by atoms with E-state index in [-0.39, 0.29) is 24.4 Å². The van der Waals surface area contributed by atoms with Gasteiger partial charge in [0.15, 0.2) is 11.5 Å². The molecule has 0 aliphatic rings. The van der Waals surface area contributed by atoms with Crippen molar-refractivity contribution < 1.29 is 14.3 Å². The Bertz CT molecular complexity index is 500.